The Bertz CT molecular complexity index is 465. The van der Waals surface area contributed by atoms with Crippen LogP contribution in [0.15, 0.2) is 18.2 Å². The van der Waals surface area contributed by atoms with Crippen molar-refractivity contribution in [2.75, 3.05) is 6.61 Å². The van der Waals surface area contributed by atoms with Gasteiger partial charge >= 0.3 is 5.97 Å². The summed E-state index contributed by atoms with van der Waals surface area (Å²) in [6.45, 7) is 6.77. The van der Waals surface area contributed by atoms with Gasteiger partial charge in [0.15, 0.2) is 0 Å². The number of carbonyl (C=O) groups is 1. The molecule has 0 spiro atoms. The molecule has 0 radical (unpaired) electrons. The lowest BCUT2D eigenvalue weighted by atomic mass is 9.82. The molecule has 1 aromatic rings. The summed E-state index contributed by atoms with van der Waals surface area (Å²) >= 11 is 0. The van der Waals surface area contributed by atoms with E-state index in [1.807, 2.05) is 6.07 Å². The van der Waals surface area contributed by atoms with Crippen molar-refractivity contribution in [3.05, 3.63) is 29.3 Å². The molecule has 1 aliphatic heterocycles. The number of benzene rings is 1. The van der Waals surface area contributed by atoms with E-state index in [1.165, 1.54) is 5.56 Å². The van der Waals surface area contributed by atoms with E-state index in [9.17, 15) is 9.90 Å². The third kappa shape index (κ3) is 2.91. The molecule has 1 aromatic carbocycles. The van der Waals surface area contributed by atoms with Crippen LogP contribution in [0.3, 0.4) is 0 Å². The van der Waals surface area contributed by atoms with Crippen LogP contribution in [-0.4, -0.2) is 17.7 Å². The van der Waals surface area contributed by atoms with E-state index in [-0.39, 0.29) is 11.8 Å². The van der Waals surface area contributed by atoms with Crippen LogP contribution in [0.2, 0.25) is 0 Å². The number of fused-ring (bicyclic) bond motifs is 1. The number of ether oxygens (including phenoxy) is 1. The van der Waals surface area contributed by atoms with Gasteiger partial charge in [-0.25, -0.2) is 0 Å². The molecule has 1 heterocycles. The lowest BCUT2D eigenvalue weighted by Gasteiger charge is -2.22. The van der Waals surface area contributed by atoms with E-state index in [0.717, 1.165) is 24.2 Å². The standard InChI is InChI=1S/C16H22O3/c1-10(2)12-6-7-15-14(9-12)13(5-4-8-19-15)11(3)16(17)18/h6-7,9-11,13H,4-5,8H2,1-3H3,(H,17,18). The fraction of sp³-hybridized carbons (Fsp3) is 0.562. The lowest BCUT2D eigenvalue weighted by Crippen LogP contribution is -2.19. The molecular formula is C16H22O3. The van der Waals surface area contributed by atoms with Gasteiger partial charge in [-0.05, 0) is 36.0 Å². The highest BCUT2D eigenvalue weighted by atomic mass is 16.5. The van der Waals surface area contributed by atoms with Crippen molar-refractivity contribution in [3.8, 4) is 5.75 Å². The van der Waals surface area contributed by atoms with Crippen LogP contribution in [0.1, 0.15) is 56.6 Å². The highest BCUT2D eigenvalue weighted by Crippen LogP contribution is 2.39. The molecule has 1 aliphatic rings. The van der Waals surface area contributed by atoms with Crippen LogP contribution >= 0.6 is 0 Å². The third-order valence-corrected chi connectivity index (χ3v) is 4.01. The Labute approximate surface area is 114 Å². The number of hydrogen-bond donors (Lipinski definition) is 1. The van der Waals surface area contributed by atoms with Gasteiger partial charge < -0.3 is 9.84 Å². The predicted octanol–water partition coefficient (Wildman–Crippen LogP) is 3.79. The lowest BCUT2D eigenvalue weighted by molar-refractivity contribution is -0.141. The van der Waals surface area contributed by atoms with Gasteiger partial charge in [0.25, 0.3) is 0 Å². The number of carboxylic acid groups (broad SMARTS) is 1. The van der Waals surface area contributed by atoms with Crippen LogP contribution in [0, 0.1) is 5.92 Å². The summed E-state index contributed by atoms with van der Waals surface area (Å²) in [6.07, 6.45) is 1.79. The number of carboxylic acids is 1. The molecule has 1 N–H and O–H groups in total. The second-order valence-corrected chi connectivity index (χ2v) is 5.68. The van der Waals surface area contributed by atoms with E-state index < -0.39 is 5.97 Å². The van der Waals surface area contributed by atoms with Crippen LogP contribution < -0.4 is 4.74 Å². The summed E-state index contributed by atoms with van der Waals surface area (Å²) in [6, 6.07) is 6.21. The Hall–Kier alpha value is -1.51. The van der Waals surface area contributed by atoms with Gasteiger partial charge in [-0.15, -0.1) is 0 Å². The molecule has 2 rings (SSSR count). The van der Waals surface area contributed by atoms with Crippen molar-refractivity contribution in [2.24, 2.45) is 5.92 Å². The third-order valence-electron chi connectivity index (χ3n) is 4.01. The molecule has 0 fully saturated rings. The summed E-state index contributed by atoms with van der Waals surface area (Å²) in [5.74, 6) is 0.249. The molecule has 0 aliphatic carbocycles. The Kier molecular flexibility index (Phi) is 4.13. The predicted molar refractivity (Wildman–Crippen MR) is 74.8 cm³/mol. The maximum Gasteiger partial charge on any atom is 0.306 e. The van der Waals surface area contributed by atoms with E-state index in [1.54, 1.807) is 6.92 Å². The molecule has 0 bridgehead atoms. The molecule has 2 atom stereocenters. The second kappa shape index (κ2) is 5.64. The normalized spacial score (nSPS) is 20.3. The minimum absolute atomic E-state index is 0.0497. The molecule has 104 valence electrons. The highest BCUT2D eigenvalue weighted by molar-refractivity contribution is 5.71. The molecule has 2 unspecified atom stereocenters. The molecule has 0 saturated carbocycles. The van der Waals surface area contributed by atoms with Crippen molar-refractivity contribution in [3.63, 3.8) is 0 Å². The van der Waals surface area contributed by atoms with E-state index >= 15 is 0 Å². The van der Waals surface area contributed by atoms with Crippen molar-refractivity contribution in [1.29, 1.82) is 0 Å². The summed E-state index contributed by atoms with van der Waals surface area (Å²) in [5, 5.41) is 9.29. The van der Waals surface area contributed by atoms with Gasteiger partial charge in [0.05, 0.1) is 12.5 Å². The second-order valence-electron chi connectivity index (χ2n) is 5.68. The van der Waals surface area contributed by atoms with Crippen molar-refractivity contribution in [2.45, 2.75) is 45.4 Å². The molecular weight excluding hydrogens is 240 g/mol. The van der Waals surface area contributed by atoms with Crippen LogP contribution in [0.5, 0.6) is 5.75 Å². The van der Waals surface area contributed by atoms with Crippen LogP contribution in [0.4, 0.5) is 0 Å². The largest absolute Gasteiger partial charge is 0.493 e. The fourth-order valence-corrected chi connectivity index (χ4v) is 2.68. The minimum Gasteiger partial charge on any atom is -0.493 e. The van der Waals surface area contributed by atoms with Gasteiger partial charge in [0, 0.05) is 5.92 Å². The topological polar surface area (TPSA) is 46.5 Å². The summed E-state index contributed by atoms with van der Waals surface area (Å²) in [5.41, 5.74) is 2.31. The van der Waals surface area contributed by atoms with Crippen molar-refractivity contribution >= 4 is 5.97 Å². The monoisotopic (exact) mass is 262 g/mol. The van der Waals surface area contributed by atoms with Crippen LogP contribution in [0.25, 0.3) is 0 Å². The Morgan fingerprint density at radius 2 is 2.11 bits per heavy atom. The van der Waals surface area contributed by atoms with Gasteiger partial charge in [0.2, 0.25) is 0 Å². The average Bonchev–Trinajstić information content (AvgIpc) is 2.58. The quantitative estimate of drug-likeness (QED) is 0.901. The summed E-state index contributed by atoms with van der Waals surface area (Å²) in [4.78, 5) is 11.3. The number of hydrogen-bond acceptors (Lipinski definition) is 2. The molecule has 0 aromatic heterocycles. The molecule has 3 nitrogen and oxygen atoms in total. The zero-order valence-electron chi connectivity index (χ0n) is 11.8. The first-order chi connectivity index (χ1) is 9.00. The summed E-state index contributed by atoms with van der Waals surface area (Å²) in [7, 11) is 0. The first kappa shape index (κ1) is 13.9. The zero-order chi connectivity index (χ0) is 14.0. The first-order valence-corrected chi connectivity index (χ1v) is 7.00. The van der Waals surface area contributed by atoms with Crippen LogP contribution in [-0.2, 0) is 4.79 Å². The SMILES string of the molecule is CC(C)c1ccc2c(c1)C(C(C)C(=O)O)CCCO2. The van der Waals surface area contributed by atoms with Crippen molar-refractivity contribution in [1.82, 2.24) is 0 Å². The zero-order valence-corrected chi connectivity index (χ0v) is 11.8. The van der Waals surface area contributed by atoms with Gasteiger partial charge in [-0.2, -0.15) is 0 Å². The molecule has 3 heteroatoms. The van der Waals surface area contributed by atoms with E-state index in [4.69, 9.17) is 4.74 Å². The van der Waals surface area contributed by atoms with Gasteiger partial charge in [0.1, 0.15) is 5.75 Å². The first-order valence-electron chi connectivity index (χ1n) is 7.00. The van der Waals surface area contributed by atoms with Crippen molar-refractivity contribution < 1.29 is 14.6 Å². The Morgan fingerprint density at radius 3 is 2.74 bits per heavy atom. The minimum atomic E-state index is -0.729. The number of aliphatic carboxylic acids is 1. The molecule has 0 saturated heterocycles. The summed E-state index contributed by atoms with van der Waals surface area (Å²) < 4.78 is 5.75. The maximum atomic E-state index is 11.3. The van der Waals surface area contributed by atoms with E-state index in [2.05, 4.69) is 26.0 Å². The molecule has 19 heavy (non-hydrogen) atoms. The van der Waals surface area contributed by atoms with Gasteiger partial charge in [-0.3, -0.25) is 4.79 Å². The number of rotatable bonds is 3. The average molecular weight is 262 g/mol. The highest BCUT2D eigenvalue weighted by Gasteiger charge is 2.29. The maximum absolute atomic E-state index is 11.3. The Morgan fingerprint density at radius 1 is 1.37 bits per heavy atom. The molecule has 0 amide bonds. The smallest absolute Gasteiger partial charge is 0.306 e. The fourth-order valence-electron chi connectivity index (χ4n) is 2.68. The Balaban J connectivity index is 2.43. The van der Waals surface area contributed by atoms with E-state index in [0.29, 0.717) is 12.5 Å². The van der Waals surface area contributed by atoms with Gasteiger partial charge in [-0.1, -0.05) is 32.9 Å².